The van der Waals surface area contributed by atoms with Crippen molar-refractivity contribution in [1.82, 2.24) is 34.9 Å². The normalized spacial score (nSPS) is 15.1. The molecule has 2 N–H and O–H groups in total. The van der Waals surface area contributed by atoms with E-state index < -0.39 is 0 Å². The van der Waals surface area contributed by atoms with Crippen LogP contribution >= 0.6 is 11.6 Å². The molecule has 0 aliphatic carbocycles. The van der Waals surface area contributed by atoms with Gasteiger partial charge >= 0.3 is 0 Å². The van der Waals surface area contributed by atoms with E-state index in [1.54, 1.807) is 36.8 Å². The van der Waals surface area contributed by atoms with Gasteiger partial charge in [-0.1, -0.05) is 48.0 Å². The number of nitrogens with one attached hydrogen (secondary N) is 2. The first-order valence-corrected chi connectivity index (χ1v) is 32.8. The standard InChI is InChI=1S/C30H32FN5O2.C29H31FN6O2.C16H12ClFN2/c1-20-6-8-23(31)27-28(20)34-29(24-5-3-4-10-32-24)21(2)30(27)33-25-19-22(35-11-15-37-16-12-35)7-9-26(25)36-13-17-38-18-14-36;1-19-6-7-22(30)25-26(19)34-27(23-5-3-4-8-31-23)20(2)28(25)33-24-17-21(35-9-13-37-14-10-35)18-32-29(24)36-11-15-38-16-12-36;1-9-6-7-11(18)13-14(17)10(2)16(20-15(9)13)12-5-3-4-8-19-12/h3-10,19H,11-18H2,1-2H3,(H,33,34);3-8,17-18H,9-16H2,1-2H3,(H,33,34);3-8H,1-2H3. The Morgan fingerprint density at radius 2 is 0.781 bits per heavy atom. The molecular formula is C75H75ClF3N13O4. The molecule has 0 bridgehead atoms. The molecule has 0 atom stereocenters. The van der Waals surface area contributed by atoms with Crippen LogP contribution in [0.25, 0.3) is 66.9 Å². The van der Waals surface area contributed by atoms with Crippen LogP contribution < -0.4 is 30.2 Å². The summed E-state index contributed by atoms with van der Waals surface area (Å²) in [5.74, 6) is -0.143. The molecule has 492 valence electrons. The first-order valence-electron chi connectivity index (χ1n) is 32.5. The number of aromatic nitrogens is 7. The van der Waals surface area contributed by atoms with Gasteiger partial charge in [0.25, 0.3) is 0 Å². The van der Waals surface area contributed by atoms with Gasteiger partial charge in [0, 0.05) is 87.8 Å². The highest BCUT2D eigenvalue weighted by Crippen LogP contribution is 2.43. The number of ether oxygens (including phenoxy) is 4. The molecule has 11 aromatic rings. The molecule has 4 aliphatic heterocycles. The summed E-state index contributed by atoms with van der Waals surface area (Å²) in [4.78, 5) is 41.9. The molecular weight excluding hydrogens is 1240 g/mol. The average Bonchev–Trinajstić information content (AvgIpc) is 0.779. The van der Waals surface area contributed by atoms with Crippen LogP contribution in [-0.2, 0) is 18.9 Å². The molecule has 17 nitrogen and oxygen atoms in total. The zero-order valence-electron chi connectivity index (χ0n) is 54.7. The molecule has 21 heteroatoms. The number of fused-ring (bicyclic) bond motifs is 3. The molecule has 4 saturated heterocycles. The molecule has 0 radical (unpaired) electrons. The van der Waals surface area contributed by atoms with E-state index in [4.69, 9.17) is 45.5 Å². The van der Waals surface area contributed by atoms with E-state index in [9.17, 15) is 4.39 Å². The van der Waals surface area contributed by atoms with Crippen LogP contribution in [0, 0.1) is 59.0 Å². The highest BCUT2D eigenvalue weighted by Gasteiger charge is 2.27. The molecule has 15 rings (SSSR count). The van der Waals surface area contributed by atoms with Gasteiger partial charge in [-0.2, -0.15) is 0 Å². The fourth-order valence-corrected chi connectivity index (χ4v) is 13.0. The molecule has 0 unspecified atom stereocenters. The van der Waals surface area contributed by atoms with Gasteiger partial charge in [0.2, 0.25) is 0 Å². The number of anilines is 8. The van der Waals surface area contributed by atoms with Gasteiger partial charge in [-0.3, -0.25) is 15.0 Å². The average molecular weight is 1310 g/mol. The summed E-state index contributed by atoms with van der Waals surface area (Å²) in [6.45, 7) is 23.4. The molecule has 0 amide bonds. The number of nitrogens with zero attached hydrogens (tertiary/aromatic N) is 11. The summed E-state index contributed by atoms with van der Waals surface area (Å²) in [7, 11) is 0. The second kappa shape index (κ2) is 29.2. The molecule has 11 heterocycles. The van der Waals surface area contributed by atoms with Crippen molar-refractivity contribution in [2.24, 2.45) is 0 Å². The lowest BCUT2D eigenvalue weighted by Crippen LogP contribution is -2.38. The van der Waals surface area contributed by atoms with E-state index in [2.05, 4.69) is 74.4 Å². The summed E-state index contributed by atoms with van der Waals surface area (Å²) >= 11 is 6.35. The van der Waals surface area contributed by atoms with Crippen LogP contribution in [0.1, 0.15) is 33.4 Å². The summed E-state index contributed by atoms with van der Waals surface area (Å²) in [5, 5.41) is 9.05. The third kappa shape index (κ3) is 13.7. The first kappa shape index (κ1) is 65.1. The van der Waals surface area contributed by atoms with E-state index in [1.165, 1.54) is 18.2 Å². The Hall–Kier alpha value is -9.57. The predicted octanol–water partition coefficient (Wildman–Crippen LogP) is 15.0. The first-order chi connectivity index (χ1) is 46.8. The highest BCUT2D eigenvalue weighted by atomic mass is 35.5. The lowest BCUT2D eigenvalue weighted by molar-refractivity contribution is 0.122. The SMILES string of the molecule is Cc1c(-c2ccccn2)nc2c(C)ccc(F)c2c1Cl.Cc1c(-c2ccccn2)nc2c(C)ccc(F)c2c1Nc1cc(N2CCOCC2)ccc1N1CCOCC1.Cc1c(-c2ccccn2)nc2c(C)ccc(F)c2c1Nc1cc(N2CCOCC2)cnc1N1CCOCC1. The van der Waals surface area contributed by atoms with Gasteiger partial charge in [-0.25, -0.2) is 33.1 Å². The minimum Gasteiger partial charge on any atom is -0.378 e. The second-order valence-electron chi connectivity index (χ2n) is 24.1. The van der Waals surface area contributed by atoms with Crippen molar-refractivity contribution in [2.75, 3.05) is 135 Å². The molecule has 4 fully saturated rings. The van der Waals surface area contributed by atoms with Crippen LogP contribution in [0.15, 0.2) is 140 Å². The summed E-state index contributed by atoms with van der Waals surface area (Å²) in [6, 6.07) is 35.5. The third-order valence-corrected chi connectivity index (χ3v) is 18.5. The lowest BCUT2D eigenvalue weighted by Gasteiger charge is -2.33. The maximum Gasteiger partial charge on any atom is 0.152 e. The minimum absolute atomic E-state index is 0.298. The molecule has 4 aromatic carbocycles. The van der Waals surface area contributed by atoms with Gasteiger partial charge in [0.15, 0.2) is 5.82 Å². The van der Waals surface area contributed by atoms with E-state index in [0.29, 0.717) is 108 Å². The Kier molecular flexibility index (Phi) is 19.8. The number of morpholine rings is 4. The molecule has 96 heavy (non-hydrogen) atoms. The predicted molar refractivity (Wildman–Crippen MR) is 378 cm³/mol. The fourth-order valence-electron chi connectivity index (χ4n) is 12.7. The van der Waals surface area contributed by atoms with Crippen molar-refractivity contribution >= 4 is 89.9 Å². The summed E-state index contributed by atoms with van der Waals surface area (Å²) in [6.07, 6.45) is 7.13. The number of pyridine rings is 7. The van der Waals surface area contributed by atoms with Crippen molar-refractivity contribution in [1.29, 1.82) is 0 Å². The lowest BCUT2D eigenvalue weighted by atomic mass is 10.0. The number of halogens is 4. The van der Waals surface area contributed by atoms with Crippen molar-refractivity contribution < 1.29 is 32.1 Å². The van der Waals surface area contributed by atoms with Gasteiger partial charge in [0.1, 0.15) is 17.5 Å². The van der Waals surface area contributed by atoms with Gasteiger partial charge < -0.3 is 49.2 Å². The van der Waals surface area contributed by atoms with Crippen molar-refractivity contribution in [3.05, 3.63) is 196 Å². The van der Waals surface area contributed by atoms with Crippen LogP contribution in [0.4, 0.5) is 58.8 Å². The Morgan fingerprint density at radius 1 is 0.396 bits per heavy atom. The highest BCUT2D eigenvalue weighted by molar-refractivity contribution is 6.36. The van der Waals surface area contributed by atoms with Gasteiger partial charge in [-0.05, 0) is 143 Å². The zero-order chi connectivity index (χ0) is 66.4. The number of aryl methyl sites for hydroxylation is 3. The Morgan fingerprint density at radius 3 is 1.23 bits per heavy atom. The largest absolute Gasteiger partial charge is 0.378 e. The smallest absolute Gasteiger partial charge is 0.152 e. The van der Waals surface area contributed by atoms with Crippen molar-refractivity contribution in [2.45, 2.75) is 41.5 Å². The number of hydrogen-bond donors (Lipinski definition) is 2. The van der Waals surface area contributed by atoms with E-state index in [-0.39, 0.29) is 17.5 Å². The van der Waals surface area contributed by atoms with E-state index in [0.717, 1.165) is 148 Å². The monoisotopic (exact) mass is 1310 g/mol. The summed E-state index contributed by atoms with van der Waals surface area (Å²) in [5.41, 5.74) is 17.7. The fraction of sp³-hybridized carbons (Fsp3) is 0.293. The Bertz CT molecular complexity index is 4390. The van der Waals surface area contributed by atoms with Crippen LogP contribution in [0.3, 0.4) is 0 Å². The van der Waals surface area contributed by atoms with Crippen LogP contribution in [0.5, 0.6) is 0 Å². The quantitative estimate of drug-likeness (QED) is 0.126. The summed E-state index contributed by atoms with van der Waals surface area (Å²) < 4.78 is 67.4. The topological polar surface area (TPSA) is 164 Å². The Balaban J connectivity index is 0.000000137. The van der Waals surface area contributed by atoms with Crippen molar-refractivity contribution in [3.8, 4) is 34.2 Å². The van der Waals surface area contributed by atoms with E-state index >= 15 is 8.78 Å². The van der Waals surface area contributed by atoms with Crippen molar-refractivity contribution in [3.63, 3.8) is 0 Å². The zero-order valence-corrected chi connectivity index (χ0v) is 55.4. The number of benzene rings is 4. The van der Waals surface area contributed by atoms with E-state index in [1.807, 2.05) is 102 Å². The Labute approximate surface area is 561 Å². The van der Waals surface area contributed by atoms with Crippen LogP contribution in [-0.4, -0.2) is 140 Å². The van der Waals surface area contributed by atoms with Gasteiger partial charge in [0.05, 0.1) is 165 Å². The number of hydrogen-bond acceptors (Lipinski definition) is 17. The maximum absolute atomic E-state index is 15.5. The molecule has 0 saturated carbocycles. The molecule has 7 aromatic heterocycles. The molecule has 4 aliphatic rings. The molecule has 0 spiro atoms. The van der Waals surface area contributed by atoms with Gasteiger partial charge in [-0.15, -0.1) is 0 Å². The minimum atomic E-state index is -0.348. The maximum atomic E-state index is 15.5. The second-order valence-corrected chi connectivity index (χ2v) is 24.5. The van der Waals surface area contributed by atoms with Crippen LogP contribution in [0.2, 0.25) is 5.02 Å². The number of rotatable bonds is 11. The third-order valence-electron chi connectivity index (χ3n) is 18.0.